The van der Waals surface area contributed by atoms with Gasteiger partial charge in [0.15, 0.2) is 0 Å². The molecule has 4 heterocycles. The fraction of sp³-hybridized carbons (Fsp3) is 0.394. The maximum absolute atomic E-state index is 13.7. The third kappa shape index (κ3) is 5.97. The Labute approximate surface area is 258 Å². The maximum atomic E-state index is 13.7. The summed E-state index contributed by atoms with van der Waals surface area (Å²) in [7, 11) is 0. The number of carboxylic acids is 1. The summed E-state index contributed by atoms with van der Waals surface area (Å²) in [6, 6.07) is 7.53. The lowest BCUT2D eigenvalue weighted by molar-refractivity contribution is 0.0699. The highest BCUT2D eigenvalue weighted by Gasteiger charge is 2.31. The molecule has 10 heteroatoms. The highest BCUT2D eigenvalue weighted by molar-refractivity contribution is 7.18. The summed E-state index contributed by atoms with van der Waals surface area (Å²) < 4.78 is 15.4. The van der Waals surface area contributed by atoms with Gasteiger partial charge in [-0.15, -0.1) is 11.3 Å². The number of alkyl halides is 1. The van der Waals surface area contributed by atoms with Crippen LogP contribution >= 0.6 is 22.9 Å². The van der Waals surface area contributed by atoms with Crippen LogP contribution in [0.4, 0.5) is 4.39 Å². The van der Waals surface area contributed by atoms with Crippen molar-refractivity contribution in [2.24, 2.45) is 5.92 Å². The van der Waals surface area contributed by atoms with E-state index in [2.05, 4.69) is 21.7 Å². The number of aryl methyl sites for hydroxylation is 2. The molecule has 3 aromatic heterocycles. The molecule has 1 aliphatic carbocycles. The molecule has 4 aromatic rings. The second-order valence-corrected chi connectivity index (χ2v) is 12.7. The number of hydrogen-bond donors (Lipinski definition) is 1. The van der Waals surface area contributed by atoms with Gasteiger partial charge in [-0.2, -0.15) is 0 Å². The minimum Gasteiger partial charge on any atom is -0.478 e. The van der Waals surface area contributed by atoms with Crippen molar-refractivity contribution in [1.29, 1.82) is 0 Å². The summed E-state index contributed by atoms with van der Waals surface area (Å²) in [5.74, 6) is 6.42. The van der Waals surface area contributed by atoms with E-state index in [1.165, 1.54) is 11.3 Å². The molecule has 1 saturated heterocycles. The SMILES string of the molecule is Cc1nc2c(c(=O)n1CC#Cc1ccc(Cl)cc1-c1ccnc3c(C(=O)O)csc13)C[C@@H](N1CCCC(CCF)C1)CC2. The lowest BCUT2D eigenvalue weighted by Gasteiger charge is -2.40. The average molecular weight is 619 g/mol. The Balaban J connectivity index is 1.28. The summed E-state index contributed by atoms with van der Waals surface area (Å²) in [5, 5.41) is 11.7. The molecule has 2 atom stereocenters. The number of carboxylic acid groups (broad SMARTS) is 1. The average Bonchev–Trinajstić information content (AvgIpc) is 3.45. The highest BCUT2D eigenvalue weighted by Crippen LogP contribution is 2.36. The zero-order valence-corrected chi connectivity index (χ0v) is 25.5. The standard InChI is InChI=1S/C33H32ClFN4O3S/c1-20-37-29-9-8-24(38-14-2-4-21(18-38)10-12-35)17-27(29)32(40)39(20)15-3-5-22-6-7-23(34)16-26(22)25-11-13-36-30-28(33(41)42)19-43-31(25)30/h6-7,11,13,16,19,21,24H,2,4,8-10,12,14-15,17-18H2,1H3,(H,41,42)/t21?,24-/m0/s1. The Morgan fingerprint density at radius 3 is 2.93 bits per heavy atom. The number of aromatic carboxylic acids is 1. The third-order valence-electron chi connectivity index (χ3n) is 8.69. The zero-order chi connectivity index (χ0) is 30.1. The van der Waals surface area contributed by atoms with E-state index in [1.807, 2.05) is 25.1 Å². The van der Waals surface area contributed by atoms with Gasteiger partial charge >= 0.3 is 5.97 Å². The van der Waals surface area contributed by atoms with Crippen LogP contribution in [0.5, 0.6) is 0 Å². The molecule has 1 N–H and O–H groups in total. The van der Waals surface area contributed by atoms with Crippen molar-refractivity contribution in [3.05, 3.63) is 79.4 Å². The van der Waals surface area contributed by atoms with E-state index in [4.69, 9.17) is 16.6 Å². The van der Waals surface area contributed by atoms with Gasteiger partial charge in [-0.3, -0.25) is 23.6 Å². The Bertz CT molecular complexity index is 1820. The molecule has 1 aromatic carbocycles. The van der Waals surface area contributed by atoms with Gasteiger partial charge in [-0.25, -0.2) is 9.78 Å². The summed E-state index contributed by atoms with van der Waals surface area (Å²) in [4.78, 5) is 37.0. The molecule has 6 rings (SSSR count). The second kappa shape index (κ2) is 12.6. The number of nitrogens with zero attached hydrogens (tertiary/aromatic N) is 4. The van der Waals surface area contributed by atoms with E-state index in [0.717, 1.165) is 65.9 Å². The molecule has 1 aliphatic heterocycles. The lowest BCUT2D eigenvalue weighted by atomic mass is 9.88. The molecule has 0 radical (unpaired) electrons. The molecule has 0 spiro atoms. The quantitative estimate of drug-likeness (QED) is 0.260. The minimum absolute atomic E-state index is 0.0363. The number of hydrogen-bond acceptors (Lipinski definition) is 6. The Hall–Kier alpha value is -3.58. The first kappa shape index (κ1) is 29.5. The lowest BCUT2D eigenvalue weighted by Crippen LogP contribution is -2.47. The molecule has 7 nitrogen and oxygen atoms in total. The fourth-order valence-corrected chi connectivity index (χ4v) is 7.68. The molecular weight excluding hydrogens is 587 g/mol. The molecule has 1 unspecified atom stereocenters. The van der Waals surface area contributed by atoms with E-state index in [-0.39, 0.29) is 30.4 Å². The molecule has 43 heavy (non-hydrogen) atoms. The van der Waals surface area contributed by atoms with Gasteiger partial charge in [-0.1, -0.05) is 23.4 Å². The number of piperidine rings is 1. The second-order valence-electron chi connectivity index (χ2n) is 11.3. The Kier molecular flexibility index (Phi) is 8.62. The number of rotatable bonds is 6. The zero-order valence-electron chi connectivity index (χ0n) is 23.9. The molecular formula is C33H32ClFN4O3S. The molecule has 2 aliphatic rings. The van der Waals surface area contributed by atoms with Crippen molar-refractivity contribution in [3.8, 4) is 23.0 Å². The predicted octanol–water partition coefficient (Wildman–Crippen LogP) is 6.16. The number of aromatic nitrogens is 3. The summed E-state index contributed by atoms with van der Waals surface area (Å²) in [6.45, 7) is 3.66. The maximum Gasteiger partial charge on any atom is 0.338 e. The van der Waals surface area contributed by atoms with Crippen molar-refractivity contribution in [1.82, 2.24) is 19.4 Å². The number of halogens is 2. The molecule has 1 fully saturated rings. The normalized spacial score (nSPS) is 18.7. The van der Waals surface area contributed by atoms with E-state index in [1.54, 1.807) is 22.2 Å². The van der Waals surface area contributed by atoms with Crippen molar-refractivity contribution in [3.63, 3.8) is 0 Å². The van der Waals surface area contributed by atoms with E-state index >= 15 is 0 Å². The molecule has 222 valence electrons. The van der Waals surface area contributed by atoms with Gasteiger partial charge in [-0.05, 0) is 82.2 Å². The van der Waals surface area contributed by atoms with Crippen LogP contribution in [0.15, 0.2) is 40.6 Å². The van der Waals surface area contributed by atoms with Crippen LogP contribution in [-0.2, 0) is 19.4 Å². The number of fused-ring (bicyclic) bond motifs is 2. The van der Waals surface area contributed by atoms with Crippen LogP contribution in [0, 0.1) is 24.7 Å². The van der Waals surface area contributed by atoms with Crippen molar-refractivity contribution in [2.75, 3.05) is 19.8 Å². The van der Waals surface area contributed by atoms with Crippen LogP contribution in [0.2, 0.25) is 5.02 Å². The summed E-state index contributed by atoms with van der Waals surface area (Å²) in [6.07, 6.45) is 6.76. The fourth-order valence-electron chi connectivity index (χ4n) is 6.49. The summed E-state index contributed by atoms with van der Waals surface area (Å²) >= 11 is 7.70. The third-order valence-corrected chi connectivity index (χ3v) is 9.93. The van der Waals surface area contributed by atoms with Crippen LogP contribution < -0.4 is 5.56 Å². The van der Waals surface area contributed by atoms with Gasteiger partial charge in [0, 0.05) is 51.4 Å². The highest BCUT2D eigenvalue weighted by atomic mass is 35.5. The number of likely N-dealkylation sites (tertiary alicyclic amines) is 1. The first-order valence-electron chi connectivity index (χ1n) is 14.6. The smallest absolute Gasteiger partial charge is 0.338 e. The van der Waals surface area contributed by atoms with Crippen molar-refractivity contribution in [2.45, 2.75) is 58.0 Å². The minimum atomic E-state index is -1.02. The van der Waals surface area contributed by atoms with Gasteiger partial charge in [0.05, 0.1) is 34.7 Å². The first-order chi connectivity index (χ1) is 20.8. The monoisotopic (exact) mass is 618 g/mol. The van der Waals surface area contributed by atoms with Crippen LogP contribution in [0.25, 0.3) is 21.3 Å². The van der Waals surface area contributed by atoms with E-state index < -0.39 is 5.97 Å². The van der Waals surface area contributed by atoms with Gasteiger partial charge in [0.2, 0.25) is 0 Å². The van der Waals surface area contributed by atoms with Crippen LogP contribution in [0.1, 0.15) is 58.7 Å². The molecule has 0 saturated carbocycles. The van der Waals surface area contributed by atoms with Crippen molar-refractivity contribution < 1.29 is 14.3 Å². The molecule has 0 amide bonds. The van der Waals surface area contributed by atoms with E-state index in [9.17, 15) is 19.1 Å². The summed E-state index contributed by atoms with van der Waals surface area (Å²) in [5.41, 5.74) is 4.50. The van der Waals surface area contributed by atoms with Gasteiger partial charge in [0.1, 0.15) is 5.82 Å². The predicted molar refractivity (Wildman–Crippen MR) is 168 cm³/mol. The Morgan fingerprint density at radius 2 is 2.12 bits per heavy atom. The largest absolute Gasteiger partial charge is 0.478 e. The van der Waals surface area contributed by atoms with Crippen LogP contribution in [0.3, 0.4) is 0 Å². The van der Waals surface area contributed by atoms with Gasteiger partial charge < -0.3 is 5.11 Å². The van der Waals surface area contributed by atoms with E-state index in [0.29, 0.717) is 40.7 Å². The number of pyridine rings is 1. The Morgan fingerprint density at radius 1 is 1.26 bits per heavy atom. The number of thiophene rings is 1. The topological polar surface area (TPSA) is 88.3 Å². The van der Waals surface area contributed by atoms with Gasteiger partial charge in [0.25, 0.3) is 5.56 Å². The first-order valence-corrected chi connectivity index (χ1v) is 15.9. The molecule has 0 bridgehead atoms. The van der Waals surface area contributed by atoms with Crippen LogP contribution in [-0.4, -0.2) is 56.3 Å². The number of carbonyl (C=O) groups is 1. The number of benzene rings is 1. The van der Waals surface area contributed by atoms with Crippen molar-refractivity contribution >= 4 is 39.1 Å².